The number of carbonyl (C=O) groups is 1. The van der Waals surface area contributed by atoms with Crippen LogP contribution in [0.1, 0.15) is 54.6 Å². The van der Waals surface area contributed by atoms with Crippen LogP contribution in [0.4, 0.5) is 0 Å². The van der Waals surface area contributed by atoms with E-state index in [4.69, 9.17) is 4.74 Å². The molecule has 1 atom stereocenters. The molecule has 1 aliphatic rings. The van der Waals surface area contributed by atoms with E-state index in [-0.39, 0.29) is 25.2 Å². The Morgan fingerprint density at radius 2 is 1.86 bits per heavy atom. The number of ether oxygens (including phenoxy) is 1. The van der Waals surface area contributed by atoms with Crippen molar-refractivity contribution in [3.8, 4) is 5.75 Å². The van der Waals surface area contributed by atoms with Gasteiger partial charge in [-0.25, -0.2) is 0 Å². The molecule has 2 aromatic carbocycles. The summed E-state index contributed by atoms with van der Waals surface area (Å²) in [5, 5.41) is 22.5. The van der Waals surface area contributed by atoms with E-state index >= 15 is 0 Å². The summed E-state index contributed by atoms with van der Waals surface area (Å²) in [5.74, 6) is 0.101. The van der Waals surface area contributed by atoms with Crippen molar-refractivity contribution in [2.75, 3.05) is 6.54 Å². The summed E-state index contributed by atoms with van der Waals surface area (Å²) in [7, 11) is 0. The minimum absolute atomic E-state index is 0.0521. The second-order valence-electron chi connectivity index (χ2n) is 8.39. The molecule has 28 heavy (non-hydrogen) atoms. The second kappa shape index (κ2) is 8.43. The van der Waals surface area contributed by atoms with Crippen LogP contribution in [0.5, 0.6) is 5.75 Å². The van der Waals surface area contributed by atoms with Crippen LogP contribution >= 0.6 is 0 Å². The van der Waals surface area contributed by atoms with Crippen molar-refractivity contribution in [2.45, 2.75) is 52.9 Å². The van der Waals surface area contributed by atoms with Crippen molar-refractivity contribution < 1.29 is 19.7 Å². The second-order valence-corrected chi connectivity index (χ2v) is 8.39. The first-order valence-electron chi connectivity index (χ1n) is 9.72. The third kappa shape index (κ3) is 4.61. The van der Waals surface area contributed by atoms with E-state index in [1.807, 2.05) is 24.3 Å². The summed E-state index contributed by atoms with van der Waals surface area (Å²) in [5.41, 5.74) is 4.46. The molecule has 150 valence electrons. The Hall–Kier alpha value is -2.21. The molecule has 0 saturated heterocycles. The predicted molar refractivity (Wildman–Crippen MR) is 108 cm³/mol. The number of rotatable bonds is 5. The van der Waals surface area contributed by atoms with Gasteiger partial charge in [0.25, 0.3) is 0 Å². The van der Waals surface area contributed by atoms with Gasteiger partial charge in [0.2, 0.25) is 0 Å². The first kappa shape index (κ1) is 20.5. The lowest BCUT2D eigenvalue weighted by Crippen LogP contribution is -2.31. The fraction of sp³-hybridized carbons (Fsp3) is 0.435. The number of hydrogen-bond acceptors (Lipinski definition) is 5. The van der Waals surface area contributed by atoms with Crippen LogP contribution in [0.15, 0.2) is 36.4 Å². The molecule has 0 radical (unpaired) electrons. The lowest BCUT2D eigenvalue weighted by Gasteiger charge is -2.28. The third-order valence-electron chi connectivity index (χ3n) is 5.11. The molecule has 1 aliphatic heterocycles. The summed E-state index contributed by atoms with van der Waals surface area (Å²) in [6.07, 6.45) is 1.69. The van der Waals surface area contributed by atoms with Gasteiger partial charge in [0.05, 0.1) is 18.6 Å². The summed E-state index contributed by atoms with van der Waals surface area (Å²) >= 11 is 0. The Bertz CT molecular complexity index is 854. The molecule has 0 amide bonds. The minimum atomic E-state index is -0.614. The maximum atomic E-state index is 12.3. The lowest BCUT2D eigenvalue weighted by molar-refractivity contribution is -0.143. The zero-order valence-electron chi connectivity index (χ0n) is 16.8. The van der Waals surface area contributed by atoms with Crippen molar-refractivity contribution >= 4 is 5.97 Å². The minimum Gasteiger partial charge on any atom is -0.426 e. The first-order chi connectivity index (χ1) is 13.3. The smallest absolute Gasteiger partial charge is 0.316 e. The highest BCUT2D eigenvalue weighted by Gasteiger charge is 2.25. The van der Waals surface area contributed by atoms with E-state index in [0.717, 1.165) is 30.5 Å². The Morgan fingerprint density at radius 3 is 2.54 bits per heavy atom. The van der Waals surface area contributed by atoms with Gasteiger partial charge in [-0.1, -0.05) is 30.3 Å². The molecular weight excluding hydrogens is 354 g/mol. The van der Waals surface area contributed by atoms with Gasteiger partial charge in [-0.15, -0.1) is 0 Å². The van der Waals surface area contributed by atoms with E-state index in [0.29, 0.717) is 11.3 Å². The van der Waals surface area contributed by atoms with Crippen molar-refractivity contribution in [2.24, 2.45) is 5.41 Å². The average Bonchev–Trinajstić information content (AvgIpc) is 2.67. The Labute approximate surface area is 166 Å². The Kier molecular flexibility index (Phi) is 6.18. The van der Waals surface area contributed by atoms with E-state index in [9.17, 15) is 15.0 Å². The van der Waals surface area contributed by atoms with Gasteiger partial charge in [0, 0.05) is 11.6 Å². The Balaban J connectivity index is 1.84. The molecule has 5 heteroatoms. The molecule has 3 rings (SSSR count). The normalized spacial score (nSPS) is 16.5. The predicted octanol–water partition coefficient (Wildman–Crippen LogP) is 3.05. The molecule has 1 unspecified atom stereocenters. The highest BCUT2D eigenvalue weighted by Crippen LogP contribution is 2.30. The molecular formula is C23H29NO4. The number of aliphatic hydroxyl groups excluding tert-OH is 2. The van der Waals surface area contributed by atoms with Crippen molar-refractivity contribution in [1.29, 1.82) is 0 Å². The van der Waals surface area contributed by atoms with Gasteiger partial charge in [0.1, 0.15) is 5.75 Å². The molecule has 0 spiro atoms. The number of fused-ring (bicyclic) bond motifs is 1. The number of nitrogens with one attached hydrogen (secondary N) is 1. The van der Waals surface area contributed by atoms with Crippen LogP contribution in [0.3, 0.4) is 0 Å². The van der Waals surface area contributed by atoms with Crippen LogP contribution < -0.4 is 10.1 Å². The van der Waals surface area contributed by atoms with Crippen LogP contribution in [0.2, 0.25) is 0 Å². The largest absolute Gasteiger partial charge is 0.426 e. The standard InChI is InChI=1S/C23H29NO4/c1-23(2,3)22(27)28-21-12-15(4-6-18(21)14-26)11-20-19-7-5-16(13-25)10-17(19)8-9-24-20/h4-7,10,12,20,24-26H,8-9,11,13-14H2,1-3H3. The van der Waals surface area contributed by atoms with Crippen molar-refractivity contribution in [1.82, 2.24) is 5.32 Å². The number of carbonyl (C=O) groups excluding carboxylic acids is 1. The molecule has 0 aliphatic carbocycles. The van der Waals surface area contributed by atoms with E-state index in [1.165, 1.54) is 11.1 Å². The fourth-order valence-corrected chi connectivity index (χ4v) is 3.43. The van der Waals surface area contributed by atoms with Crippen LogP contribution in [0, 0.1) is 5.41 Å². The zero-order chi connectivity index (χ0) is 20.3. The third-order valence-corrected chi connectivity index (χ3v) is 5.11. The summed E-state index contributed by atoms with van der Waals surface area (Å²) in [4.78, 5) is 12.3. The van der Waals surface area contributed by atoms with Gasteiger partial charge in [0.15, 0.2) is 0 Å². The van der Waals surface area contributed by atoms with Crippen molar-refractivity contribution in [3.63, 3.8) is 0 Å². The van der Waals surface area contributed by atoms with Crippen molar-refractivity contribution in [3.05, 3.63) is 64.2 Å². The highest BCUT2D eigenvalue weighted by atomic mass is 16.5. The highest BCUT2D eigenvalue weighted by molar-refractivity contribution is 5.78. The number of aliphatic hydroxyl groups is 2. The number of hydrogen-bond donors (Lipinski definition) is 3. The average molecular weight is 383 g/mol. The van der Waals surface area contributed by atoms with E-state index in [2.05, 4.69) is 17.4 Å². The molecule has 1 heterocycles. The first-order valence-corrected chi connectivity index (χ1v) is 9.72. The fourth-order valence-electron chi connectivity index (χ4n) is 3.43. The molecule has 5 nitrogen and oxygen atoms in total. The number of esters is 1. The summed E-state index contributed by atoms with van der Waals surface area (Å²) < 4.78 is 5.58. The summed E-state index contributed by atoms with van der Waals surface area (Å²) in [6.45, 7) is 6.18. The van der Waals surface area contributed by atoms with E-state index in [1.54, 1.807) is 20.8 Å². The van der Waals surface area contributed by atoms with Crippen LogP contribution in [0.25, 0.3) is 0 Å². The quantitative estimate of drug-likeness (QED) is 0.546. The maximum absolute atomic E-state index is 12.3. The van der Waals surface area contributed by atoms with Gasteiger partial charge in [-0.2, -0.15) is 0 Å². The SMILES string of the molecule is CC(C)(C)C(=O)Oc1cc(CC2NCCc3cc(CO)ccc32)ccc1CO. The van der Waals surface area contributed by atoms with Gasteiger partial charge in [-0.05, 0) is 68.5 Å². The summed E-state index contributed by atoms with van der Waals surface area (Å²) in [6, 6.07) is 11.9. The maximum Gasteiger partial charge on any atom is 0.316 e. The number of benzene rings is 2. The van der Waals surface area contributed by atoms with Gasteiger partial charge in [-0.3, -0.25) is 4.79 Å². The molecule has 0 aromatic heterocycles. The van der Waals surface area contributed by atoms with Gasteiger partial charge < -0.3 is 20.3 Å². The molecule has 3 N–H and O–H groups in total. The van der Waals surface area contributed by atoms with Crippen LogP contribution in [-0.4, -0.2) is 22.7 Å². The Morgan fingerprint density at radius 1 is 1.11 bits per heavy atom. The van der Waals surface area contributed by atoms with E-state index < -0.39 is 5.41 Å². The molecule has 0 saturated carbocycles. The molecule has 2 aromatic rings. The topological polar surface area (TPSA) is 78.8 Å². The molecule has 0 fully saturated rings. The molecule has 0 bridgehead atoms. The van der Waals surface area contributed by atoms with Gasteiger partial charge >= 0.3 is 5.97 Å². The zero-order valence-corrected chi connectivity index (χ0v) is 16.8. The monoisotopic (exact) mass is 383 g/mol. The lowest BCUT2D eigenvalue weighted by atomic mass is 9.89. The van der Waals surface area contributed by atoms with Crippen LogP contribution in [-0.2, 0) is 30.8 Å².